The van der Waals surface area contributed by atoms with E-state index < -0.39 is 7.12 Å². The molecule has 1 rings (SSSR count). The topological polar surface area (TPSA) is 41.5 Å². The van der Waals surface area contributed by atoms with Crippen molar-refractivity contribution in [3.8, 4) is 0 Å². The van der Waals surface area contributed by atoms with Gasteiger partial charge in [0.05, 0.1) is 6.23 Å². The van der Waals surface area contributed by atoms with Gasteiger partial charge in [-0.1, -0.05) is 20.8 Å². The average molecular weight is 143 g/mol. The second-order valence-corrected chi connectivity index (χ2v) is 3.75. The first kappa shape index (κ1) is 8.05. The minimum Gasteiger partial charge on any atom is -0.426 e. The Balaban J connectivity index is 2.45. The quantitative estimate of drug-likeness (QED) is 0.469. The molecule has 4 heteroatoms. The van der Waals surface area contributed by atoms with Gasteiger partial charge in [0.2, 0.25) is 0 Å². The van der Waals surface area contributed by atoms with E-state index in [-0.39, 0.29) is 11.6 Å². The van der Waals surface area contributed by atoms with E-state index in [1.807, 2.05) is 0 Å². The van der Waals surface area contributed by atoms with E-state index in [0.717, 1.165) is 0 Å². The number of rotatable bonds is 0. The Kier molecular flexibility index (Phi) is 2.03. The summed E-state index contributed by atoms with van der Waals surface area (Å²) in [5.74, 6) is 0. The molecule has 0 amide bonds. The summed E-state index contributed by atoms with van der Waals surface area (Å²) in [5, 5.41) is 12.1. The van der Waals surface area contributed by atoms with Crippen LogP contribution >= 0.6 is 0 Å². The van der Waals surface area contributed by atoms with Crippen LogP contribution in [0, 0.1) is 5.41 Å². The molecule has 1 unspecified atom stereocenters. The molecule has 1 aliphatic rings. The molecule has 0 saturated carbocycles. The minimum atomic E-state index is -0.621. The van der Waals surface area contributed by atoms with Crippen LogP contribution in [0.5, 0.6) is 0 Å². The maximum Gasteiger partial charge on any atom is 0.470 e. The van der Waals surface area contributed by atoms with Crippen molar-refractivity contribution in [1.82, 2.24) is 5.32 Å². The van der Waals surface area contributed by atoms with E-state index in [1.165, 1.54) is 0 Å². The second-order valence-electron chi connectivity index (χ2n) is 3.75. The molecule has 0 aromatic heterocycles. The predicted octanol–water partition coefficient (Wildman–Crippen LogP) is -0.00190. The Labute approximate surface area is 61.9 Å². The Hall–Kier alpha value is -0.0551. The van der Waals surface area contributed by atoms with E-state index in [1.54, 1.807) is 0 Å². The van der Waals surface area contributed by atoms with Crippen molar-refractivity contribution in [1.29, 1.82) is 0 Å². The first-order valence-corrected chi connectivity index (χ1v) is 3.57. The number of nitrogens with one attached hydrogen (secondary N) is 1. The van der Waals surface area contributed by atoms with Crippen molar-refractivity contribution in [3.05, 3.63) is 0 Å². The summed E-state index contributed by atoms with van der Waals surface area (Å²) in [7, 11) is -0.621. The summed E-state index contributed by atoms with van der Waals surface area (Å²) in [4.78, 5) is 0. The van der Waals surface area contributed by atoms with Gasteiger partial charge in [0.25, 0.3) is 0 Å². The lowest BCUT2D eigenvalue weighted by Crippen LogP contribution is -2.36. The highest BCUT2D eigenvalue weighted by Crippen LogP contribution is 2.22. The third-order valence-electron chi connectivity index (χ3n) is 1.56. The fourth-order valence-electron chi connectivity index (χ4n) is 0.971. The van der Waals surface area contributed by atoms with Crippen molar-refractivity contribution >= 4 is 7.12 Å². The van der Waals surface area contributed by atoms with E-state index in [0.29, 0.717) is 6.44 Å². The summed E-state index contributed by atoms with van der Waals surface area (Å²) in [5.41, 5.74) is 0.0669. The lowest BCUT2D eigenvalue weighted by Gasteiger charge is -2.26. The maximum atomic E-state index is 8.98. The molecule has 58 valence electrons. The van der Waals surface area contributed by atoms with Crippen LogP contribution in [0.1, 0.15) is 20.8 Å². The fourth-order valence-corrected chi connectivity index (χ4v) is 0.971. The first-order valence-electron chi connectivity index (χ1n) is 3.57. The molecular formula is C6H14BNO2. The molecule has 0 aliphatic carbocycles. The highest BCUT2D eigenvalue weighted by molar-refractivity contribution is 6.43. The van der Waals surface area contributed by atoms with Gasteiger partial charge in [-0.15, -0.1) is 0 Å². The summed E-state index contributed by atoms with van der Waals surface area (Å²) in [6.45, 7) is 6.22. The van der Waals surface area contributed by atoms with Gasteiger partial charge in [-0.25, -0.2) is 0 Å². The highest BCUT2D eigenvalue weighted by atomic mass is 16.5. The molecule has 3 nitrogen and oxygen atoms in total. The van der Waals surface area contributed by atoms with Crippen LogP contribution in [0.15, 0.2) is 0 Å². The lowest BCUT2D eigenvalue weighted by atomic mass is 9.93. The third kappa shape index (κ3) is 1.72. The molecule has 0 spiro atoms. The fraction of sp³-hybridized carbons (Fsp3) is 1.00. The Morgan fingerprint density at radius 2 is 2.20 bits per heavy atom. The van der Waals surface area contributed by atoms with Crippen LogP contribution in [0.2, 0.25) is 0 Å². The molecule has 1 heterocycles. The van der Waals surface area contributed by atoms with Crippen molar-refractivity contribution in [2.24, 2.45) is 5.41 Å². The molecule has 1 aliphatic heterocycles. The Bertz CT molecular complexity index is 123. The van der Waals surface area contributed by atoms with Crippen molar-refractivity contribution in [3.63, 3.8) is 0 Å². The van der Waals surface area contributed by atoms with Crippen LogP contribution in [0.4, 0.5) is 0 Å². The normalized spacial score (nSPS) is 27.6. The zero-order valence-corrected chi connectivity index (χ0v) is 6.72. The molecule has 1 saturated heterocycles. The average Bonchev–Trinajstić information content (AvgIpc) is 2.11. The van der Waals surface area contributed by atoms with Crippen LogP contribution < -0.4 is 5.32 Å². The molecule has 0 bridgehead atoms. The van der Waals surface area contributed by atoms with Crippen LogP contribution in [0.25, 0.3) is 0 Å². The Morgan fingerprint density at radius 3 is 2.40 bits per heavy atom. The van der Waals surface area contributed by atoms with Crippen molar-refractivity contribution in [2.75, 3.05) is 6.44 Å². The molecular weight excluding hydrogens is 129 g/mol. The smallest absolute Gasteiger partial charge is 0.426 e. The van der Waals surface area contributed by atoms with Crippen molar-refractivity contribution < 1.29 is 9.68 Å². The van der Waals surface area contributed by atoms with E-state index in [9.17, 15) is 0 Å². The van der Waals surface area contributed by atoms with E-state index in [4.69, 9.17) is 9.68 Å². The zero-order valence-electron chi connectivity index (χ0n) is 6.72. The van der Waals surface area contributed by atoms with E-state index >= 15 is 0 Å². The SMILES string of the molecule is CC(C)(C)C1NCB(O)O1. The maximum absolute atomic E-state index is 8.98. The summed E-state index contributed by atoms with van der Waals surface area (Å²) in [6, 6.07) is 0. The van der Waals surface area contributed by atoms with Gasteiger partial charge in [-0.05, 0) is 0 Å². The lowest BCUT2D eigenvalue weighted by molar-refractivity contribution is 0.0733. The first-order chi connectivity index (χ1) is 4.50. The van der Waals surface area contributed by atoms with Crippen molar-refractivity contribution in [2.45, 2.75) is 27.0 Å². The number of hydrogen-bond donors (Lipinski definition) is 2. The minimum absolute atomic E-state index is 0.0116. The second kappa shape index (κ2) is 2.53. The molecule has 10 heavy (non-hydrogen) atoms. The van der Waals surface area contributed by atoms with Crippen LogP contribution in [-0.2, 0) is 4.65 Å². The van der Waals surface area contributed by atoms with Gasteiger partial charge in [0.1, 0.15) is 0 Å². The highest BCUT2D eigenvalue weighted by Gasteiger charge is 2.35. The molecule has 1 fully saturated rings. The van der Waals surface area contributed by atoms with Crippen LogP contribution in [-0.4, -0.2) is 24.8 Å². The molecule has 1 atom stereocenters. The monoisotopic (exact) mass is 143 g/mol. The standard InChI is InChI=1S/C6H14BNO2/c1-6(2,3)5-8-4-7(9)10-5/h5,8-9H,4H2,1-3H3. The van der Waals surface area contributed by atoms with E-state index in [2.05, 4.69) is 26.1 Å². The summed E-state index contributed by atoms with van der Waals surface area (Å²) in [6.07, 6.45) is 0.532. The van der Waals surface area contributed by atoms with Gasteiger partial charge in [-0.3, -0.25) is 5.32 Å². The summed E-state index contributed by atoms with van der Waals surface area (Å²) >= 11 is 0. The molecule has 0 aromatic rings. The molecule has 0 aromatic carbocycles. The third-order valence-corrected chi connectivity index (χ3v) is 1.56. The van der Waals surface area contributed by atoms with Gasteiger partial charge < -0.3 is 9.68 Å². The van der Waals surface area contributed by atoms with Gasteiger partial charge in [0, 0.05) is 11.9 Å². The van der Waals surface area contributed by atoms with Crippen LogP contribution in [0.3, 0.4) is 0 Å². The van der Waals surface area contributed by atoms with Gasteiger partial charge in [0.15, 0.2) is 0 Å². The predicted molar refractivity (Wildman–Crippen MR) is 40.3 cm³/mol. The summed E-state index contributed by atoms with van der Waals surface area (Å²) < 4.78 is 5.17. The Morgan fingerprint density at radius 1 is 1.60 bits per heavy atom. The largest absolute Gasteiger partial charge is 0.470 e. The molecule has 0 radical (unpaired) electrons. The van der Waals surface area contributed by atoms with Gasteiger partial charge in [-0.2, -0.15) is 0 Å². The number of hydrogen-bond acceptors (Lipinski definition) is 3. The zero-order chi connectivity index (χ0) is 7.78. The molecule has 2 N–H and O–H groups in total. The van der Waals surface area contributed by atoms with Gasteiger partial charge >= 0.3 is 7.12 Å².